The van der Waals surface area contributed by atoms with Gasteiger partial charge in [0.25, 0.3) is 0 Å². The highest BCUT2D eigenvalue weighted by molar-refractivity contribution is 8.00. The van der Waals surface area contributed by atoms with Crippen LogP contribution in [-0.4, -0.2) is 6.61 Å². The molecule has 0 aromatic rings. The van der Waals surface area contributed by atoms with Crippen molar-refractivity contribution < 1.29 is 4.52 Å². The second-order valence-electron chi connectivity index (χ2n) is 1.74. The predicted octanol–water partition coefficient (Wildman–Crippen LogP) is 3.90. The third-order valence-corrected chi connectivity index (χ3v) is 1.90. The lowest BCUT2D eigenvalue weighted by atomic mass is 10.3. The third-order valence-electron chi connectivity index (χ3n) is 0.937. The fourth-order valence-corrected chi connectivity index (χ4v) is 1.17. The summed E-state index contributed by atoms with van der Waals surface area (Å²) in [7, 11) is 0. The molecule has 1 nitrogen and oxygen atoms in total. The zero-order valence-corrected chi connectivity index (χ0v) is 7.85. The van der Waals surface area contributed by atoms with Gasteiger partial charge in [-0.2, -0.15) is 0 Å². The van der Waals surface area contributed by atoms with Crippen LogP contribution >= 0.6 is 29.3 Å². The van der Waals surface area contributed by atoms with Gasteiger partial charge in [0.1, 0.15) is 0 Å². The molecule has 0 aromatic heterocycles. The highest BCUT2D eigenvalue weighted by Gasteiger charge is 1.96. The minimum Gasteiger partial charge on any atom is -0.332 e. The van der Waals surface area contributed by atoms with Gasteiger partial charge < -0.3 is 4.52 Å². The van der Waals surface area contributed by atoms with Crippen LogP contribution in [0.5, 0.6) is 0 Å². The predicted molar refractivity (Wildman–Crippen MR) is 44.1 cm³/mol. The first-order chi connectivity index (χ1) is 4.27. The SMILES string of the molecule is CCCCCOP(Cl)Cl. The first-order valence-corrected chi connectivity index (χ1v) is 6.09. The van der Waals surface area contributed by atoms with E-state index in [2.05, 4.69) is 6.92 Å². The Hall–Kier alpha value is 0.970. The lowest BCUT2D eigenvalue weighted by Gasteiger charge is -2.00. The van der Waals surface area contributed by atoms with E-state index in [1.165, 1.54) is 12.8 Å². The average molecular weight is 189 g/mol. The summed E-state index contributed by atoms with van der Waals surface area (Å²) in [4.78, 5) is 0. The van der Waals surface area contributed by atoms with Gasteiger partial charge in [-0.3, -0.25) is 0 Å². The zero-order valence-electron chi connectivity index (χ0n) is 5.44. The van der Waals surface area contributed by atoms with Crippen LogP contribution in [0.4, 0.5) is 0 Å². The molecule has 0 saturated heterocycles. The number of hydrogen-bond acceptors (Lipinski definition) is 1. The van der Waals surface area contributed by atoms with Gasteiger partial charge in [-0.05, 0) is 28.9 Å². The van der Waals surface area contributed by atoms with E-state index >= 15 is 0 Å². The van der Waals surface area contributed by atoms with E-state index in [0.717, 1.165) is 6.42 Å². The van der Waals surface area contributed by atoms with Gasteiger partial charge in [0.15, 0.2) is 0 Å². The molecule has 0 heterocycles. The van der Waals surface area contributed by atoms with E-state index in [4.69, 9.17) is 27.0 Å². The van der Waals surface area contributed by atoms with Gasteiger partial charge >= 0.3 is 0 Å². The summed E-state index contributed by atoms with van der Waals surface area (Å²) in [6.07, 6.45) is 3.46. The summed E-state index contributed by atoms with van der Waals surface area (Å²) >= 11 is 10.7. The molecular formula is C5H11Cl2OP. The Bertz CT molecular complexity index is 60.9. The van der Waals surface area contributed by atoms with E-state index in [0.29, 0.717) is 6.61 Å². The quantitative estimate of drug-likeness (QED) is 0.470. The minimum atomic E-state index is -1.17. The molecular weight excluding hydrogens is 178 g/mol. The highest BCUT2D eigenvalue weighted by atomic mass is 35.9. The summed E-state index contributed by atoms with van der Waals surface area (Å²) in [5.41, 5.74) is 0. The van der Waals surface area contributed by atoms with Crippen LogP contribution in [0.15, 0.2) is 0 Å². The van der Waals surface area contributed by atoms with Crippen LogP contribution in [-0.2, 0) is 4.52 Å². The van der Waals surface area contributed by atoms with Crippen molar-refractivity contribution >= 4 is 29.3 Å². The smallest absolute Gasteiger partial charge is 0.225 e. The van der Waals surface area contributed by atoms with Gasteiger partial charge in [-0.25, -0.2) is 0 Å². The molecule has 0 fully saturated rings. The first kappa shape index (κ1) is 9.97. The summed E-state index contributed by atoms with van der Waals surface area (Å²) in [5, 5.41) is 0. The van der Waals surface area contributed by atoms with Crippen molar-refractivity contribution in [2.75, 3.05) is 6.61 Å². The molecule has 9 heavy (non-hydrogen) atoms. The molecule has 0 unspecified atom stereocenters. The highest BCUT2D eigenvalue weighted by Crippen LogP contribution is 2.47. The molecule has 0 aliphatic carbocycles. The van der Waals surface area contributed by atoms with Gasteiger partial charge in [-0.15, -0.1) is 0 Å². The van der Waals surface area contributed by atoms with Crippen molar-refractivity contribution in [2.45, 2.75) is 26.2 Å². The molecule has 0 radical (unpaired) electrons. The largest absolute Gasteiger partial charge is 0.332 e. The standard InChI is InChI=1S/C5H11Cl2OP/c1-2-3-4-5-8-9(6)7/h2-5H2,1H3. The maximum Gasteiger partial charge on any atom is 0.225 e. The van der Waals surface area contributed by atoms with E-state index in [-0.39, 0.29) is 0 Å². The molecule has 0 atom stereocenters. The number of rotatable bonds is 5. The molecule has 0 amide bonds. The number of unbranched alkanes of at least 4 members (excludes halogenated alkanes) is 2. The van der Waals surface area contributed by atoms with Gasteiger partial charge in [0.2, 0.25) is 6.85 Å². The van der Waals surface area contributed by atoms with Crippen molar-refractivity contribution in [3.63, 3.8) is 0 Å². The van der Waals surface area contributed by atoms with Crippen molar-refractivity contribution in [2.24, 2.45) is 0 Å². The maximum absolute atomic E-state index is 5.36. The molecule has 0 aliphatic rings. The van der Waals surface area contributed by atoms with Crippen LogP contribution in [0.3, 0.4) is 0 Å². The first-order valence-electron chi connectivity index (χ1n) is 3.02. The third kappa shape index (κ3) is 8.97. The average Bonchev–Trinajstić information content (AvgIpc) is 1.80. The summed E-state index contributed by atoms with van der Waals surface area (Å²) in [5.74, 6) is 0. The van der Waals surface area contributed by atoms with E-state index in [1.807, 2.05) is 0 Å². The number of hydrogen-bond donors (Lipinski definition) is 0. The van der Waals surface area contributed by atoms with Crippen molar-refractivity contribution in [3.8, 4) is 0 Å². The second kappa shape index (κ2) is 7.08. The normalized spacial score (nSPS) is 10.7. The van der Waals surface area contributed by atoms with Crippen LogP contribution in [0.25, 0.3) is 0 Å². The molecule has 0 aromatic carbocycles. The zero-order chi connectivity index (χ0) is 7.11. The Balaban J connectivity index is 2.75. The summed E-state index contributed by atoms with van der Waals surface area (Å²) in [6, 6.07) is 0. The Morgan fingerprint density at radius 1 is 1.33 bits per heavy atom. The van der Waals surface area contributed by atoms with Crippen LogP contribution < -0.4 is 0 Å². The molecule has 0 spiro atoms. The second-order valence-corrected chi connectivity index (χ2v) is 4.77. The van der Waals surface area contributed by atoms with Gasteiger partial charge in [-0.1, -0.05) is 19.8 Å². The van der Waals surface area contributed by atoms with Crippen molar-refractivity contribution in [3.05, 3.63) is 0 Å². The fraction of sp³-hybridized carbons (Fsp3) is 1.00. The van der Waals surface area contributed by atoms with Gasteiger partial charge in [0, 0.05) is 0 Å². The monoisotopic (exact) mass is 188 g/mol. The minimum absolute atomic E-state index is 0.701. The Labute approximate surface area is 67.1 Å². The van der Waals surface area contributed by atoms with Crippen LogP contribution in [0, 0.1) is 0 Å². The summed E-state index contributed by atoms with van der Waals surface area (Å²) < 4.78 is 4.94. The molecule has 0 N–H and O–H groups in total. The Morgan fingerprint density at radius 2 is 2.00 bits per heavy atom. The van der Waals surface area contributed by atoms with E-state index in [9.17, 15) is 0 Å². The lowest BCUT2D eigenvalue weighted by molar-refractivity contribution is 0.350. The number of halogens is 2. The van der Waals surface area contributed by atoms with Crippen molar-refractivity contribution in [1.29, 1.82) is 0 Å². The van der Waals surface area contributed by atoms with Crippen molar-refractivity contribution in [1.82, 2.24) is 0 Å². The molecule has 0 aliphatic heterocycles. The summed E-state index contributed by atoms with van der Waals surface area (Å²) in [6.45, 7) is 1.67. The van der Waals surface area contributed by atoms with Gasteiger partial charge in [0.05, 0.1) is 6.61 Å². The molecule has 0 saturated carbocycles. The molecule has 4 heteroatoms. The van der Waals surface area contributed by atoms with Crippen LogP contribution in [0.2, 0.25) is 0 Å². The van der Waals surface area contributed by atoms with E-state index < -0.39 is 6.85 Å². The Kier molecular flexibility index (Phi) is 7.84. The topological polar surface area (TPSA) is 9.23 Å². The van der Waals surface area contributed by atoms with E-state index in [1.54, 1.807) is 0 Å². The molecule has 0 bridgehead atoms. The Morgan fingerprint density at radius 3 is 2.44 bits per heavy atom. The maximum atomic E-state index is 5.36. The lowest BCUT2D eigenvalue weighted by Crippen LogP contribution is -1.83. The molecule has 0 rings (SSSR count). The fourth-order valence-electron chi connectivity index (χ4n) is 0.486. The van der Waals surface area contributed by atoms with Crippen LogP contribution in [0.1, 0.15) is 26.2 Å². The molecule has 56 valence electrons.